The second-order valence-electron chi connectivity index (χ2n) is 23.6. The van der Waals surface area contributed by atoms with Gasteiger partial charge >= 0.3 is 38.7 Å². The number of hydrogen-bond donors (Lipinski definition) is 3. The molecule has 0 aliphatic carbocycles. The highest BCUT2D eigenvalue weighted by Crippen LogP contribution is 2.33. The summed E-state index contributed by atoms with van der Waals surface area (Å²) in [7, 11) is -10.8. The summed E-state index contributed by atoms with van der Waals surface area (Å²) in [5, 5.41) is 2.91. The van der Waals surface area contributed by atoms with Crippen LogP contribution >= 0.6 is 0 Å². The van der Waals surface area contributed by atoms with Crippen molar-refractivity contribution in [2.24, 2.45) is 0 Å². The van der Waals surface area contributed by atoms with Crippen molar-refractivity contribution in [2.75, 3.05) is 6.61 Å². The number of unbranched alkanes of at least 4 members (excludes halogenated alkanes) is 32. The summed E-state index contributed by atoms with van der Waals surface area (Å²) in [5.74, 6) is -3.33. The van der Waals surface area contributed by atoms with Crippen molar-refractivity contribution in [2.45, 2.75) is 282 Å². The fraction of sp³-hybridized carbons (Fsp3) is 0.652. The SMILES string of the molecule is CCCCCCCCCCCCCCCCCCCCCCCC(=O)NC(=CO[C@@H]1O[C@H](COS(=O)(=O)O)[C@H](OS(=O)(=O)O)[C@H](OC(=O)c2ccccc2)[C@@H]1OC(=O)c1ccccc1)[C@@H](CCCCCCCCCCCCCCC)OC(=O)c1ccccc1. The first-order chi connectivity index (χ1) is 43.1. The van der Waals surface area contributed by atoms with Crippen LogP contribution in [0.5, 0.6) is 0 Å². The average Bonchev–Trinajstić information content (AvgIpc) is 1.74. The van der Waals surface area contributed by atoms with Crippen molar-refractivity contribution in [3.05, 3.63) is 120 Å². The molecule has 1 fully saturated rings. The van der Waals surface area contributed by atoms with E-state index in [4.69, 9.17) is 27.9 Å². The molecule has 0 radical (unpaired) electrons. The van der Waals surface area contributed by atoms with E-state index in [1.54, 1.807) is 42.5 Å². The van der Waals surface area contributed by atoms with Crippen LogP contribution < -0.4 is 5.32 Å². The Morgan fingerprint density at radius 3 is 1.21 bits per heavy atom. The van der Waals surface area contributed by atoms with Gasteiger partial charge in [-0.05, 0) is 55.7 Å². The summed E-state index contributed by atoms with van der Waals surface area (Å²) in [4.78, 5) is 56.0. The molecule has 0 spiro atoms. The first-order valence-corrected chi connectivity index (χ1v) is 36.2. The van der Waals surface area contributed by atoms with E-state index in [0.717, 1.165) is 64.0 Å². The van der Waals surface area contributed by atoms with E-state index in [0.29, 0.717) is 12.8 Å². The maximum Gasteiger partial charge on any atom is 0.397 e. The van der Waals surface area contributed by atoms with Crippen molar-refractivity contribution < 1.29 is 77.2 Å². The Bertz CT molecular complexity index is 2640. The third kappa shape index (κ3) is 34.7. The molecule has 20 heteroatoms. The van der Waals surface area contributed by atoms with E-state index in [-0.39, 0.29) is 35.2 Å². The molecule has 1 saturated heterocycles. The van der Waals surface area contributed by atoms with Crippen LogP contribution in [-0.2, 0) is 57.6 Å². The minimum atomic E-state index is -5.53. The monoisotopic (exact) mass is 1280 g/mol. The summed E-state index contributed by atoms with van der Waals surface area (Å²) in [6.07, 6.45) is 29.4. The highest BCUT2D eigenvalue weighted by atomic mass is 32.3. The molecule has 1 heterocycles. The molecule has 4 rings (SSSR count). The minimum absolute atomic E-state index is 0.0297. The molecular formula is C69H105NO17S2. The van der Waals surface area contributed by atoms with Crippen LogP contribution in [0.3, 0.4) is 0 Å². The number of carbonyl (C=O) groups excluding carboxylic acids is 4. The molecule has 0 aromatic heterocycles. The third-order valence-electron chi connectivity index (χ3n) is 16.0. The normalized spacial score (nSPS) is 17.4. The maximum absolute atomic E-state index is 14.1. The largest absolute Gasteiger partial charge is 0.466 e. The molecule has 89 heavy (non-hydrogen) atoms. The standard InChI is InChI=1S/C69H105NO17S2/c1-3-5-7-9-11-13-15-17-18-19-20-21-22-23-24-26-28-30-32-34-45-53-62(71)70-59(60(83-66(72)56-46-38-35-39-47-56)52-44-33-31-29-27-25-16-14-12-10-8-6-4-2)54-81-69-65(86-68(74)58-50-42-37-43-51-58)64(85-67(73)57-48-40-36-41-49-57)63(87-89(78,79)80)61(84-69)55-82-88(75,76)77/h35-43,46-51,54,60-61,63-65,69H,3-34,44-45,52-53,55H2,1-2H3,(H,70,71)(H,75,76,77)(H,78,79,80)/t60-,61-,63+,64+,65+,69-/m1/s1. The fourth-order valence-electron chi connectivity index (χ4n) is 11.0. The number of ether oxygens (including phenoxy) is 5. The lowest BCUT2D eigenvalue weighted by Crippen LogP contribution is -2.63. The first kappa shape index (κ1) is 76.2. The molecule has 3 aromatic carbocycles. The molecular weight excluding hydrogens is 1180 g/mol. The Balaban J connectivity index is 1.56. The zero-order valence-electron chi connectivity index (χ0n) is 53.2. The van der Waals surface area contributed by atoms with E-state index >= 15 is 0 Å². The Morgan fingerprint density at radius 1 is 0.472 bits per heavy atom. The van der Waals surface area contributed by atoms with Crippen LogP contribution in [-0.4, -0.2) is 93.2 Å². The molecule has 18 nitrogen and oxygen atoms in total. The topological polar surface area (TPSA) is 254 Å². The Hall–Kier alpha value is -5.22. The van der Waals surface area contributed by atoms with E-state index < -0.39 is 88.0 Å². The van der Waals surface area contributed by atoms with Gasteiger partial charge in [-0.1, -0.05) is 274 Å². The van der Waals surface area contributed by atoms with Gasteiger partial charge in [0.2, 0.25) is 18.3 Å². The van der Waals surface area contributed by atoms with Crippen molar-refractivity contribution in [3.63, 3.8) is 0 Å². The maximum atomic E-state index is 14.1. The zero-order valence-corrected chi connectivity index (χ0v) is 54.8. The fourth-order valence-corrected chi connectivity index (χ4v) is 11.8. The van der Waals surface area contributed by atoms with Gasteiger partial charge in [0.1, 0.15) is 24.6 Å². The lowest BCUT2D eigenvalue weighted by Gasteiger charge is -2.43. The van der Waals surface area contributed by atoms with Gasteiger partial charge in [-0.15, -0.1) is 0 Å². The minimum Gasteiger partial charge on any atom is -0.466 e. The van der Waals surface area contributed by atoms with E-state index in [9.17, 15) is 45.1 Å². The highest BCUT2D eigenvalue weighted by Gasteiger charge is 2.54. The van der Waals surface area contributed by atoms with Crippen molar-refractivity contribution in [1.29, 1.82) is 0 Å². The lowest BCUT2D eigenvalue weighted by molar-refractivity contribution is -0.281. The second-order valence-corrected chi connectivity index (χ2v) is 25.7. The number of rotatable bonds is 51. The quantitative estimate of drug-likeness (QED) is 0.0156. The van der Waals surface area contributed by atoms with Gasteiger partial charge in [0.25, 0.3) is 0 Å². The number of hydrogen-bond acceptors (Lipinski definition) is 15. The van der Waals surface area contributed by atoms with Crippen molar-refractivity contribution in [1.82, 2.24) is 5.32 Å². The van der Waals surface area contributed by atoms with Crippen LogP contribution in [0.15, 0.2) is 103 Å². The molecule has 1 aliphatic rings. The van der Waals surface area contributed by atoms with Gasteiger partial charge in [0, 0.05) is 6.42 Å². The number of nitrogens with one attached hydrogen (secondary N) is 1. The number of benzene rings is 3. The number of carbonyl (C=O) groups is 4. The molecule has 0 bridgehead atoms. The molecule has 0 saturated carbocycles. The smallest absolute Gasteiger partial charge is 0.397 e. The molecule has 6 atom stereocenters. The van der Waals surface area contributed by atoms with Crippen molar-refractivity contribution >= 4 is 44.6 Å². The molecule has 1 aliphatic heterocycles. The van der Waals surface area contributed by atoms with Gasteiger partial charge in [0.15, 0.2) is 6.10 Å². The van der Waals surface area contributed by atoms with Crippen LogP contribution in [0.1, 0.15) is 276 Å². The zero-order chi connectivity index (χ0) is 64.2. The summed E-state index contributed by atoms with van der Waals surface area (Å²) in [5.41, 5.74) is 0.0702. The molecule has 1 amide bonds. The predicted molar refractivity (Wildman–Crippen MR) is 344 cm³/mol. The van der Waals surface area contributed by atoms with E-state index in [1.165, 1.54) is 196 Å². The first-order valence-electron chi connectivity index (χ1n) is 33.4. The van der Waals surface area contributed by atoms with Crippen LogP contribution in [0.4, 0.5) is 0 Å². The van der Waals surface area contributed by atoms with Crippen LogP contribution in [0, 0.1) is 0 Å². The van der Waals surface area contributed by atoms with Gasteiger partial charge < -0.3 is 29.0 Å². The highest BCUT2D eigenvalue weighted by molar-refractivity contribution is 7.81. The van der Waals surface area contributed by atoms with Crippen LogP contribution in [0.2, 0.25) is 0 Å². The molecule has 0 unspecified atom stereocenters. The van der Waals surface area contributed by atoms with Gasteiger partial charge in [-0.25, -0.2) is 22.7 Å². The summed E-state index contributed by atoms with van der Waals surface area (Å²) in [6.45, 7) is 3.24. The summed E-state index contributed by atoms with van der Waals surface area (Å²) >= 11 is 0. The number of esters is 3. The third-order valence-corrected chi connectivity index (χ3v) is 16.9. The lowest BCUT2D eigenvalue weighted by atomic mass is 9.98. The molecule has 3 N–H and O–H groups in total. The molecule has 3 aromatic rings. The number of amides is 1. The van der Waals surface area contributed by atoms with Gasteiger partial charge in [-0.2, -0.15) is 16.8 Å². The molecule has 500 valence electrons. The van der Waals surface area contributed by atoms with E-state index in [2.05, 4.69) is 23.3 Å². The van der Waals surface area contributed by atoms with Gasteiger partial charge in [-0.3, -0.25) is 13.9 Å². The van der Waals surface area contributed by atoms with Gasteiger partial charge in [0.05, 0.1) is 29.0 Å². The average molecular weight is 1280 g/mol. The van der Waals surface area contributed by atoms with Crippen LogP contribution in [0.25, 0.3) is 0 Å². The predicted octanol–water partition coefficient (Wildman–Crippen LogP) is 16.5. The summed E-state index contributed by atoms with van der Waals surface area (Å²) < 4.78 is 109. The second kappa shape index (κ2) is 45.9. The Labute approximate surface area is 532 Å². The van der Waals surface area contributed by atoms with E-state index in [1.807, 2.05) is 0 Å². The Morgan fingerprint density at radius 2 is 0.831 bits per heavy atom. The van der Waals surface area contributed by atoms with Crippen molar-refractivity contribution in [3.8, 4) is 0 Å². The Kier molecular flexibility index (Phi) is 39.3. The summed E-state index contributed by atoms with van der Waals surface area (Å²) in [6, 6.07) is 23.2.